The van der Waals surface area contributed by atoms with Crippen LogP contribution in [0, 0.1) is 0 Å². The molecule has 0 bridgehead atoms. The van der Waals surface area contributed by atoms with Crippen LogP contribution in [0.2, 0.25) is 4.34 Å². The normalized spacial score (nSPS) is 10.7. The summed E-state index contributed by atoms with van der Waals surface area (Å²) in [6, 6.07) is 12.4. The van der Waals surface area contributed by atoms with E-state index in [0.29, 0.717) is 0 Å². The van der Waals surface area contributed by atoms with Gasteiger partial charge in [0.05, 0.1) is 4.34 Å². The first kappa shape index (κ1) is 13.1. The lowest BCUT2D eigenvalue weighted by Crippen LogP contribution is -2.16. The molecule has 17 heavy (non-hydrogen) atoms. The molecule has 1 N–H and O–H groups in total. The van der Waals surface area contributed by atoms with E-state index in [1.807, 2.05) is 12.1 Å². The maximum absolute atomic E-state index is 5.88. The molecule has 4 heteroatoms. The van der Waals surface area contributed by atoms with Crippen LogP contribution in [0.25, 0.3) is 0 Å². The van der Waals surface area contributed by atoms with Gasteiger partial charge in [-0.25, -0.2) is 0 Å². The van der Waals surface area contributed by atoms with E-state index < -0.39 is 0 Å². The summed E-state index contributed by atoms with van der Waals surface area (Å²) in [5, 5.41) is 3.43. The van der Waals surface area contributed by atoms with E-state index >= 15 is 0 Å². The van der Waals surface area contributed by atoms with E-state index in [-0.39, 0.29) is 0 Å². The molecule has 0 amide bonds. The summed E-state index contributed by atoms with van der Waals surface area (Å²) < 4.78 is 1.99. The molecule has 2 rings (SSSR count). The molecule has 1 nitrogen and oxygen atoms in total. The van der Waals surface area contributed by atoms with Crippen molar-refractivity contribution in [3.8, 4) is 0 Å². The van der Waals surface area contributed by atoms with Gasteiger partial charge < -0.3 is 5.32 Å². The third-order valence-electron chi connectivity index (χ3n) is 2.40. The number of nitrogens with one attached hydrogen (secondary N) is 1. The first-order chi connectivity index (χ1) is 8.24. The number of thiophene rings is 1. The number of hydrogen-bond donors (Lipinski definition) is 1. The highest BCUT2D eigenvalue weighted by molar-refractivity contribution is 9.10. The number of benzene rings is 1. The molecule has 0 aliphatic heterocycles. The lowest BCUT2D eigenvalue weighted by molar-refractivity contribution is 0.690. The maximum Gasteiger partial charge on any atom is 0.0931 e. The van der Waals surface area contributed by atoms with Gasteiger partial charge in [-0.1, -0.05) is 39.7 Å². The summed E-state index contributed by atoms with van der Waals surface area (Å²) in [6.07, 6.45) is 1.03. The minimum Gasteiger partial charge on any atom is -0.312 e. The van der Waals surface area contributed by atoms with Crippen molar-refractivity contribution < 1.29 is 0 Å². The van der Waals surface area contributed by atoms with Crippen LogP contribution in [-0.2, 0) is 13.0 Å². The highest BCUT2D eigenvalue weighted by Crippen LogP contribution is 2.21. The Kier molecular flexibility index (Phi) is 5.04. The van der Waals surface area contributed by atoms with Crippen LogP contribution in [0.5, 0.6) is 0 Å². The second-order valence-corrected chi connectivity index (χ2v) is 6.48. The van der Waals surface area contributed by atoms with Crippen LogP contribution in [0.4, 0.5) is 0 Å². The summed E-state index contributed by atoms with van der Waals surface area (Å²) in [5.74, 6) is 0. The molecular weight excluding hydrogens is 318 g/mol. The summed E-state index contributed by atoms with van der Waals surface area (Å²) in [6.45, 7) is 1.88. The summed E-state index contributed by atoms with van der Waals surface area (Å²) >= 11 is 11.0. The Morgan fingerprint density at radius 1 is 1.24 bits per heavy atom. The third kappa shape index (κ3) is 4.43. The fraction of sp³-hybridized carbons (Fsp3) is 0.231. The second kappa shape index (κ2) is 6.55. The fourth-order valence-electron chi connectivity index (χ4n) is 1.58. The monoisotopic (exact) mass is 329 g/mol. The van der Waals surface area contributed by atoms with Gasteiger partial charge >= 0.3 is 0 Å². The third-order valence-corrected chi connectivity index (χ3v) is 4.18. The van der Waals surface area contributed by atoms with Gasteiger partial charge in [0.15, 0.2) is 0 Å². The number of rotatable bonds is 5. The van der Waals surface area contributed by atoms with Crippen LogP contribution in [-0.4, -0.2) is 6.54 Å². The summed E-state index contributed by atoms with van der Waals surface area (Å²) in [5.41, 5.74) is 1.29. The van der Waals surface area contributed by atoms with Gasteiger partial charge in [-0.15, -0.1) is 11.3 Å². The Morgan fingerprint density at radius 3 is 2.82 bits per heavy atom. The van der Waals surface area contributed by atoms with Gasteiger partial charge in [-0.2, -0.15) is 0 Å². The SMILES string of the molecule is Clc1ccc(CCNCc2cccc(Br)c2)s1. The first-order valence-electron chi connectivity index (χ1n) is 5.43. The van der Waals surface area contributed by atoms with E-state index in [4.69, 9.17) is 11.6 Å². The van der Waals surface area contributed by atoms with Crippen molar-refractivity contribution in [2.45, 2.75) is 13.0 Å². The zero-order valence-electron chi connectivity index (χ0n) is 9.25. The van der Waals surface area contributed by atoms with E-state index in [2.05, 4.69) is 45.5 Å². The van der Waals surface area contributed by atoms with Crippen LogP contribution in [0.3, 0.4) is 0 Å². The molecule has 90 valence electrons. The van der Waals surface area contributed by atoms with E-state index in [1.54, 1.807) is 11.3 Å². The van der Waals surface area contributed by atoms with Gasteiger partial charge in [0.25, 0.3) is 0 Å². The Labute approximate surface area is 119 Å². The van der Waals surface area contributed by atoms with Crippen molar-refractivity contribution in [3.63, 3.8) is 0 Å². The minimum absolute atomic E-state index is 0.868. The lowest BCUT2D eigenvalue weighted by Gasteiger charge is -2.04. The smallest absolute Gasteiger partial charge is 0.0931 e. The molecule has 0 aliphatic rings. The molecule has 0 saturated carbocycles. The molecule has 1 heterocycles. The molecule has 2 aromatic rings. The minimum atomic E-state index is 0.868. The van der Waals surface area contributed by atoms with E-state index in [9.17, 15) is 0 Å². The van der Waals surface area contributed by atoms with Crippen LogP contribution >= 0.6 is 38.9 Å². The average Bonchev–Trinajstić information content (AvgIpc) is 2.71. The molecule has 0 spiro atoms. The lowest BCUT2D eigenvalue weighted by atomic mass is 10.2. The van der Waals surface area contributed by atoms with Gasteiger partial charge in [-0.05, 0) is 36.2 Å². The topological polar surface area (TPSA) is 12.0 Å². The summed E-state index contributed by atoms with van der Waals surface area (Å²) in [7, 11) is 0. The van der Waals surface area contributed by atoms with Crippen molar-refractivity contribution in [2.75, 3.05) is 6.54 Å². The van der Waals surface area contributed by atoms with Gasteiger partial charge in [0.1, 0.15) is 0 Å². The summed E-state index contributed by atoms with van der Waals surface area (Å²) in [4.78, 5) is 1.33. The van der Waals surface area contributed by atoms with Crippen molar-refractivity contribution in [1.29, 1.82) is 0 Å². The van der Waals surface area contributed by atoms with Gasteiger partial charge in [0, 0.05) is 22.4 Å². The Balaban J connectivity index is 1.73. The quantitative estimate of drug-likeness (QED) is 0.796. The largest absolute Gasteiger partial charge is 0.312 e. The van der Waals surface area contributed by atoms with Gasteiger partial charge in [0.2, 0.25) is 0 Å². The Bertz CT molecular complexity index is 484. The molecule has 0 saturated heterocycles. The molecule has 0 radical (unpaired) electrons. The highest BCUT2D eigenvalue weighted by Gasteiger charge is 1.98. The number of halogens is 2. The predicted molar refractivity (Wildman–Crippen MR) is 78.9 cm³/mol. The Morgan fingerprint density at radius 2 is 2.12 bits per heavy atom. The molecule has 1 aromatic carbocycles. The van der Waals surface area contributed by atoms with E-state index in [0.717, 1.165) is 28.3 Å². The second-order valence-electron chi connectivity index (χ2n) is 3.76. The number of hydrogen-bond acceptors (Lipinski definition) is 2. The molecule has 0 aliphatic carbocycles. The standard InChI is InChI=1S/C13H13BrClNS/c14-11-3-1-2-10(8-11)9-16-7-6-12-4-5-13(15)17-12/h1-5,8,16H,6-7,9H2. The van der Waals surface area contributed by atoms with Crippen molar-refractivity contribution in [1.82, 2.24) is 5.32 Å². The Hall–Kier alpha value is -0.350. The zero-order valence-corrected chi connectivity index (χ0v) is 12.4. The van der Waals surface area contributed by atoms with Crippen molar-refractivity contribution in [2.24, 2.45) is 0 Å². The van der Waals surface area contributed by atoms with E-state index in [1.165, 1.54) is 10.4 Å². The predicted octanol–water partition coefficient (Wildman–Crippen LogP) is 4.50. The van der Waals surface area contributed by atoms with Crippen molar-refractivity contribution >= 4 is 38.9 Å². The van der Waals surface area contributed by atoms with Gasteiger partial charge in [-0.3, -0.25) is 0 Å². The van der Waals surface area contributed by atoms with Crippen LogP contribution in [0.15, 0.2) is 40.9 Å². The maximum atomic E-state index is 5.88. The first-order valence-corrected chi connectivity index (χ1v) is 7.42. The van der Waals surface area contributed by atoms with Crippen LogP contribution < -0.4 is 5.32 Å². The van der Waals surface area contributed by atoms with Crippen LogP contribution in [0.1, 0.15) is 10.4 Å². The molecular formula is C13H13BrClNS. The van der Waals surface area contributed by atoms with Crippen molar-refractivity contribution in [3.05, 3.63) is 55.6 Å². The average molecular weight is 331 g/mol. The molecule has 0 unspecified atom stereocenters. The zero-order chi connectivity index (χ0) is 12.1. The molecule has 0 fully saturated rings. The highest BCUT2D eigenvalue weighted by atomic mass is 79.9. The molecule has 0 atom stereocenters. The fourth-order valence-corrected chi connectivity index (χ4v) is 3.11. The molecule has 1 aromatic heterocycles.